The van der Waals surface area contributed by atoms with Crippen LogP contribution in [0.4, 0.5) is 0 Å². The normalized spacial score (nSPS) is 6.92. The van der Waals surface area contributed by atoms with Crippen molar-refractivity contribution in [2.75, 3.05) is 0 Å². The van der Waals surface area contributed by atoms with E-state index in [2.05, 4.69) is 0 Å². The predicted molar refractivity (Wildman–Crippen MR) is 25.5 cm³/mol. The molecule has 0 amide bonds. The fourth-order valence-electron chi connectivity index (χ4n) is 0.513. The molecule has 0 unspecified atom stereocenters. The van der Waals surface area contributed by atoms with Gasteiger partial charge in [0, 0.05) is 0 Å². The molecule has 0 rings (SSSR count). The first-order valence-corrected chi connectivity index (χ1v) is 2.72. The summed E-state index contributed by atoms with van der Waals surface area (Å²) in [5, 5.41) is 39.8. The summed E-state index contributed by atoms with van der Waals surface area (Å²) in [4.78, 5) is 0. The van der Waals surface area contributed by atoms with E-state index in [1.807, 2.05) is 0 Å². The van der Waals surface area contributed by atoms with Crippen molar-refractivity contribution in [3.05, 3.63) is 0 Å². The average Bonchev–Trinajstić information content (AvgIpc) is 1.64. The number of rotatable bonds is 3. The van der Waals surface area contributed by atoms with Gasteiger partial charge >= 0.3 is 118 Å². The Kier molecular flexibility index (Phi) is 42.6. The molecule has 13 heavy (non-hydrogen) atoms. The Hall–Kier alpha value is 3.97. The molecule has 52 valence electrons. The first-order valence-electron chi connectivity index (χ1n) is 2.72. The van der Waals surface area contributed by atoms with Crippen molar-refractivity contribution in [1.82, 2.24) is 0 Å². The fourth-order valence-corrected chi connectivity index (χ4v) is 0.513. The summed E-state index contributed by atoms with van der Waals surface area (Å²) in [5.74, 6) is 0. The number of hydrogen-bond donors (Lipinski definition) is 0. The van der Waals surface area contributed by atoms with Crippen molar-refractivity contribution in [3.63, 3.8) is 0 Å². The minimum Gasteiger partial charge on any atom is -0.893 e. The predicted octanol–water partition coefficient (Wildman–Crippen LogP) is -16.3. The van der Waals surface area contributed by atoms with E-state index in [0.717, 1.165) is 0 Å². The van der Waals surface area contributed by atoms with Crippen molar-refractivity contribution >= 4 is 14.2 Å². The molecule has 0 aromatic rings. The van der Waals surface area contributed by atoms with Gasteiger partial charge in [-0.2, -0.15) is 5.72 Å². The van der Waals surface area contributed by atoms with Crippen molar-refractivity contribution < 1.29 is 138 Å². The van der Waals surface area contributed by atoms with E-state index in [4.69, 9.17) is 0 Å². The van der Waals surface area contributed by atoms with Crippen LogP contribution in [0, 0.1) is 0 Å². The van der Waals surface area contributed by atoms with Gasteiger partial charge in [-0.15, -0.1) is 14.2 Å². The molecule has 0 aliphatic heterocycles. The Labute approximate surface area is 168 Å². The Morgan fingerprint density at radius 2 is 1.08 bits per heavy atom. The zero-order chi connectivity index (χ0) is 7.44. The van der Waals surface area contributed by atoms with Crippen LogP contribution in [0.2, 0.25) is 5.72 Å². The maximum absolute atomic E-state index is 9.94. The van der Waals surface area contributed by atoms with Crippen LogP contribution in [0.5, 0.6) is 0 Å². The first-order chi connectivity index (χ1) is 4.09. The molecule has 0 saturated heterocycles. The Balaban J connectivity index is -0.0000000533. The van der Waals surface area contributed by atoms with Crippen molar-refractivity contribution in [3.8, 4) is 0 Å². The molecule has 0 atom stereocenters. The second-order valence-corrected chi connectivity index (χ2v) is 1.81. The largest absolute Gasteiger partial charge is 1.00 e. The van der Waals surface area contributed by atoms with E-state index in [9.17, 15) is 20.1 Å². The van der Waals surface area contributed by atoms with Crippen LogP contribution in [0.1, 0.15) is 13.3 Å². The molecule has 0 radical (unpaired) electrons. The molecule has 10 heteroatoms. The van der Waals surface area contributed by atoms with Crippen LogP contribution in [0.15, 0.2) is 0 Å². The Bertz CT molecular complexity index is 79.8. The summed E-state index contributed by atoms with van der Waals surface area (Å²) in [6.45, 7) is 1.48. The van der Waals surface area contributed by atoms with E-state index < -0.39 is 20.0 Å². The molecule has 0 saturated carbocycles. The van der Waals surface area contributed by atoms with Gasteiger partial charge in [-0.1, -0.05) is 13.3 Å². The molecule has 0 aliphatic carbocycles. The van der Waals surface area contributed by atoms with Gasteiger partial charge in [0.05, 0.1) is 0 Å². The number of hydrogen-bond acceptors (Lipinski definition) is 4. The smallest absolute Gasteiger partial charge is 0.893 e. The molecule has 4 nitrogen and oxygen atoms in total. The molecule has 0 bridgehead atoms. The summed E-state index contributed by atoms with van der Waals surface area (Å²) < 4.78 is 0. The van der Waals surface area contributed by atoms with Gasteiger partial charge in [0.15, 0.2) is 0 Å². The fraction of sp³-hybridized carbons (Fsp3) is 1.00. The van der Waals surface area contributed by atoms with Gasteiger partial charge in [-0.05, 0) is 0 Å². The zero-order valence-electron chi connectivity index (χ0n) is 9.07. The molecule has 0 aliphatic rings. The maximum atomic E-state index is 9.94. The third-order valence-corrected chi connectivity index (χ3v) is 1.17. The van der Waals surface area contributed by atoms with E-state index in [0.29, 0.717) is 0 Å². The third-order valence-electron chi connectivity index (χ3n) is 1.17. The van der Waals surface area contributed by atoms with Crippen LogP contribution in [0.3, 0.4) is 0 Å². The van der Waals surface area contributed by atoms with E-state index in [1.54, 1.807) is 0 Å². The average molecular weight is 220 g/mol. The van der Waals surface area contributed by atoms with Gasteiger partial charge in [-0.3, -0.25) is 0 Å². The second kappa shape index (κ2) is 18.3. The van der Waals surface area contributed by atoms with Crippen LogP contribution >= 0.6 is 0 Å². The van der Waals surface area contributed by atoms with E-state index >= 15 is 0 Å². The van der Waals surface area contributed by atoms with Crippen molar-refractivity contribution in [2.24, 2.45) is 0 Å². The topological polar surface area (TPSA) is 92.2 Å². The Morgan fingerprint density at radius 1 is 0.846 bits per heavy atom. The quantitative estimate of drug-likeness (QED) is 0.441. The Morgan fingerprint density at radius 3 is 1.08 bits per heavy atom. The summed E-state index contributed by atoms with van der Waals surface area (Å²) in [6, 6.07) is 0. The summed E-state index contributed by atoms with van der Waals surface area (Å²) in [5.41, 5.74) is -1.30. The molecule has 0 aromatic carbocycles. The van der Waals surface area contributed by atoms with Crippen molar-refractivity contribution in [1.29, 1.82) is 0 Å². The molecule has 0 heterocycles. The standard InChI is InChI=1S/C3H6B2O4.4Na/c1-2-3(4(6)7)5(8)9;;;;/h3H,2H2,1H3;;;;/q-4;4*+1. The van der Waals surface area contributed by atoms with Crippen molar-refractivity contribution in [2.45, 2.75) is 19.1 Å². The van der Waals surface area contributed by atoms with Crippen LogP contribution < -0.4 is 138 Å². The van der Waals surface area contributed by atoms with Gasteiger partial charge in [0.2, 0.25) is 0 Å². The maximum Gasteiger partial charge on any atom is 1.00 e. The van der Waals surface area contributed by atoms with E-state index in [-0.39, 0.29) is 125 Å². The molecule has 0 fully saturated rings. The van der Waals surface area contributed by atoms with Gasteiger partial charge < -0.3 is 20.1 Å². The molecule has 0 aromatic heterocycles. The van der Waals surface area contributed by atoms with Gasteiger partial charge in [-0.25, -0.2) is 0 Å². The summed E-state index contributed by atoms with van der Waals surface area (Å²) in [7, 11) is -4.54. The third kappa shape index (κ3) is 16.0. The second-order valence-electron chi connectivity index (χ2n) is 1.81. The molecular weight excluding hydrogens is 214 g/mol. The minimum absolute atomic E-state index is 0. The zero-order valence-corrected chi connectivity index (χ0v) is 17.1. The molecule has 0 spiro atoms. The summed E-state index contributed by atoms with van der Waals surface area (Å²) >= 11 is 0. The van der Waals surface area contributed by atoms with Crippen LogP contribution in [0.25, 0.3) is 0 Å². The molecular formula is C3H6B2Na4O4. The minimum atomic E-state index is -2.27. The van der Waals surface area contributed by atoms with Crippen LogP contribution in [-0.2, 0) is 0 Å². The first kappa shape index (κ1) is 30.2. The SMILES string of the molecule is CCC(B([O-])[O-])B([O-])[O-].[Na+].[Na+].[Na+].[Na+]. The summed E-state index contributed by atoms with van der Waals surface area (Å²) in [6.07, 6.45) is 0.0787. The molecule has 0 N–H and O–H groups in total. The van der Waals surface area contributed by atoms with Crippen LogP contribution in [-0.4, -0.2) is 14.2 Å². The van der Waals surface area contributed by atoms with Gasteiger partial charge in [0.25, 0.3) is 0 Å². The monoisotopic (exact) mass is 220 g/mol. The van der Waals surface area contributed by atoms with E-state index in [1.165, 1.54) is 6.92 Å². The van der Waals surface area contributed by atoms with Gasteiger partial charge in [0.1, 0.15) is 0 Å².